The number of amides is 1. The van der Waals surface area contributed by atoms with Gasteiger partial charge in [-0.05, 0) is 49.2 Å². The third-order valence-electron chi connectivity index (χ3n) is 7.16. The van der Waals surface area contributed by atoms with Crippen molar-refractivity contribution in [3.8, 4) is 0 Å². The second-order valence-electron chi connectivity index (χ2n) is 9.16. The highest BCUT2D eigenvalue weighted by Gasteiger charge is 2.28. The van der Waals surface area contributed by atoms with Crippen LogP contribution in [0.5, 0.6) is 0 Å². The fraction of sp³-hybridized carbons (Fsp3) is 0.321. The molecule has 2 N–H and O–H groups in total. The first-order valence-electron chi connectivity index (χ1n) is 12.1. The lowest BCUT2D eigenvalue weighted by Gasteiger charge is -2.41. The SMILES string of the molecule is CCCC(N1CCN(c2cccc(Cl)c2C)CC1)n1c2ccccc2c2ccc(C(N)=O)cc21.Cl. The number of piperazine rings is 1. The predicted molar refractivity (Wildman–Crippen MR) is 149 cm³/mol. The van der Waals surface area contributed by atoms with E-state index < -0.39 is 5.91 Å². The normalized spacial score (nSPS) is 15.3. The molecule has 1 aliphatic rings. The summed E-state index contributed by atoms with van der Waals surface area (Å²) in [5.41, 5.74) is 10.8. The number of aromatic nitrogens is 1. The Kier molecular flexibility index (Phi) is 7.60. The molecule has 1 saturated heterocycles. The van der Waals surface area contributed by atoms with Crippen LogP contribution in [0.3, 0.4) is 0 Å². The minimum atomic E-state index is -0.392. The van der Waals surface area contributed by atoms with Crippen molar-refractivity contribution in [2.45, 2.75) is 32.9 Å². The zero-order valence-electron chi connectivity index (χ0n) is 20.2. The summed E-state index contributed by atoms with van der Waals surface area (Å²) in [7, 11) is 0. The van der Waals surface area contributed by atoms with Gasteiger partial charge in [-0.15, -0.1) is 12.4 Å². The Labute approximate surface area is 217 Å². The Balaban J connectivity index is 0.00000289. The number of fused-ring (bicyclic) bond motifs is 3. The van der Waals surface area contributed by atoms with Crippen LogP contribution in [0.15, 0.2) is 60.7 Å². The molecule has 1 atom stereocenters. The van der Waals surface area contributed by atoms with Crippen LogP contribution in [0.1, 0.15) is 41.9 Å². The number of nitrogens with two attached hydrogens (primary N) is 1. The second kappa shape index (κ2) is 10.5. The Morgan fingerprint density at radius 1 is 0.971 bits per heavy atom. The van der Waals surface area contributed by atoms with Gasteiger partial charge in [-0.3, -0.25) is 9.69 Å². The summed E-state index contributed by atoms with van der Waals surface area (Å²) in [4.78, 5) is 17.0. The van der Waals surface area contributed by atoms with Crippen LogP contribution in [-0.4, -0.2) is 41.6 Å². The molecule has 0 spiro atoms. The van der Waals surface area contributed by atoms with Crippen LogP contribution < -0.4 is 10.6 Å². The van der Waals surface area contributed by atoms with E-state index in [0.29, 0.717) is 5.56 Å². The molecule has 7 heteroatoms. The van der Waals surface area contributed by atoms with Crippen molar-refractivity contribution in [2.75, 3.05) is 31.1 Å². The largest absolute Gasteiger partial charge is 0.369 e. The molecule has 4 aromatic rings. The average Bonchev–Trinajstić information content (AvgIpc) is 3.18. The smallest absolute Gasteiger partial charge is 0.248 e. The third kappa shape index (κ3) is 4.61. The molecule has 1 unspecified atom stereocenters. The van der Waals surface area contributed by atoms with E-state index in [1.165, 1.54) is 16.6 Å². The van der Waals surface area contributed by atoms with Crippen molar-refractivity contribution < 1.29 is 4.79 Å². The maximum absolute atomic E-state index is 12.0. The van der Waals surface area contributed by atoms with Gasteiger partial charge in [0.15, 0.2) is 0 Å². The lowest BCUT2D eigenvalue weighted by atomic mass is 10.1. The van der Waals surface area contributed by atoms with Gasteiger partial charge in [-0.25, -0.2) is 0 Å². The topological polar surface area (TPSA) is 54.5 Å². The van der Waals surface area contributed by atoms with Gasteiger partial charge in [0.1, 0.15) is 0 Å². The molecule has 0 saturated carbocycles. The number of benzene rings is 3. The molecule has 3 aromatic carbocycles. The summed E-state index contributed by atoms with van der Waals surface area (Å²) < 4.78 is 2.43. The number of hydrogen-bond acceptors (Lipinski definition) is 3. The molecule has 0 bridgehead atoms. The van der Waals surface area contributed by atoms with Crippen LogP contribution in [0, 0.1) is 6.92 Å². The summed E-state index contributed by atoms with van der Waals surface area (Å²) in [5.74, 6) is -0.392. The molecule has 5 nitrogen and oxygen atoms in total. The number of hydrogen-bond donors (Lipinski definition) is 1. The molecule has 1 aliphatic heterocycles. The van der Waals surface area contributed by atoms with Crippen LogP contribution in [0.2, 0.25) is 5.02 Å². The number of anilines is 1. The molecule has 5 rings (SSSR count). The average molecular weight is 511 g/mol. The third-order valence-corrected chi connectivity index (χ3v) is 7.57. The van der Waals surface area contributed by atoms with E-state index in [4.69, 9.17) is 17.3 Å². The molecular weight excluding hydrogens is 479 g/mol. The molecule has 1 aromatic heterocycles. The van der Waals surface area contributed by atoms with Gasteiger partial charge in [0.2, 0.25) is 5.91 Å². The number of primary amides is 1. The fourth-order valence-electron chi connectivity index (χ4n) is 5.41. The van der Waals surface area contributed by atoms with Gasteiger partial charge in [0.05, 0.1) is 17.2 Å². The Morgan fingerprint density at radius 2 is 1.69 bits per heavy atom. The number of rotatable bonds is 6. The molecule has 184 valence electrons. The van der Waals surface area contributed by atoms with Gasteiger partial charge in [-0.1, -0.05) is 55.3 Å². The summed E-state index contributed by atoms with van der Waals surface area (Å²) in [6.45, 7) is 8.15. The molecule has 0 radical (unpaired) electrons. The predicted octanol–water partition coefficient (Wildman–Crippen LogP) is 6.40. The maximum Gasteiger partial charge on any atom is 0.248 e. The standard InChI is InChI=1S/C28H31ClN4O.ClH/c1-3-7-27(32-16-14-31(15-17-32)24-11-6-9-23(29)19(24)2)33-25-10-5-4-8-21(25)22-13-12-20(28(30)34)18-26(22)33;/h4-6,8-13,18,27H,3,7,14-17H2,1-2H3,(H2,30,34);1H. The zero-order chi connectivity index (χ0) is 23.8. The maximum atomic E-state index is 12.0. The van der Waals surface area contributed by atoms with E-state index in [1.54, 1.807) is 0 Å². The first kappa shape index (κ1) is 25.4. The van der Waals surface area contributed by atoms with E-state index in [0.717, 1.165) is 60.5 Å². The van der Waals surface area contributed by atoms with Crippen molar-refractivity contribution in [3.05, 3.63) is 76.8 Å². The van der Waals surface area contributed by atoms with E-state index in [2.05, 4.69) is 58.5 Å². The van der Waals surface area contributed by atoms with Crippen molar-refractivity contribution >= 4 is 57.4 Å². The monoisotopic (exact) mass is 510 g/mol. The quantitative estimate of drug-likeness (QED) is 0.326. The van der Waals surface area contributed by atoms with Gasteiger partial charge >= 0.3 is 0 Å². The van der Waals surface area contributed by atoms with E-state index in [-0.39, 0.29) is 18.6 Å². The molecule has 35 heavy (non-hydrogen) atoms. The highest BCUT2D eigenvalue weighted by Crippen LogP contribution is 2.36. The van der Waals surface area contributed by atoms with Gasteiger partial charge in [-0.2, -0.15) is 0 Å². The number of nitrogens with zero attached hydrogens (tertiary/aromatic N) is 3. The lowest BCUT2D eigenvalue weighted by Crippen LogP contribution is -2.49. The minimum absolute atomic E-state index is 0. The van der Waals surface area contributed by atoms with Crippen molar-refractivity contribution in [1.29, 1.82) is 0 Å². The van der Waals surface area contributed by atoms with Gasteiger partial charge in [0.25, 0.3) is 0 Å². The van der Waals surface area contributed by atoms with E-state index in [1.807, 2.05) is 30.3 Å². The minimum Gasteiger partial charge on any atom is -0.369 e. The van der Waals surface area contributed by atoms with Gasteiger partial charge in [0, 0.05) is 53.2 Å². The Morgan fingerprint density at radius 3 is 2.40 bits per heavy atom. The van der Waals surface area contributed by atoms with Crippen molar-refractivity contribution in [3.63, 3.8) is 0 Å². The Hall–Kier alpha value is -2.73. The molecule has 0 aliphatic carbocycles. The van der Waals surface area contributed by atoms with Crippen molar-refractivity contribution in [1.82, 2.24) is 9.47 Å². The second-order valence-corrected chi connectivity index (χ2v) is 9.57. The summed E-state index contributed by atoms with van der Waals surface area (Å²) in [5, 5.41) is 3.19. The van der Waals surface area contributed by atoms with E-state index >= 15 is 0 Å². The zero-order valence-corrected chi connectivity index (χ0v) is 21.8. The van der Waals surface area contributed by atoms with Crippen LogP contribution in [-0.2, 0) is 0 Å². The van der Waals surface area contributed by atoms with E-state index in [9.17, 15) is 4.79 Å². The van der Waals surface area contributed by atoms with Crippen LogP contribution in [0.4, 0.5) is 5.69 Å². The highest BCUT2D eigenvalue weighted by atomic mass is 35.5. The Bertz CT molecular complexity index is 1360. The number of carbonyl (C=O) groups excluding carboxylic acids is 1. The van der Waals surface area contributed by atoms with Crippen LogP contribution >= 0.6 is 24.0 Å². The first-order chi connectivity index (χ1) is 16.5. The molecule has 1 amide bonds. The van der Waals surface area contributed by atoms with Gasteiger partial charge < -0.3 is 15.2 Å². The number of para-hydroxylation sites is 1. The molecule has 1 fully saturated rings. The lowest BCUT2D eigenvalue weighted by molar-refractivity contribution is 0.1000. The number of carbonyl (C=O) groups is 1. The first-order valence-corrected chi connectivity index (χ1v) is 12.4. The molecule has 2 heterocycles. The molecular formula is C28H32Cl2N4O. The summed E-state index contributed by atoms with van der Waals surface area (Å²) >= 11 is 6.39. The number of halogens is 2. The highest BCUT2D eigenvalue weighted by molar-refractivity contribution is 6.31. The summed E-state index contributed by atoms with van der Waals surface area (Å²) in [6, 6.07) is 20.5. The van der Waals surface area contributed by atoms with Crippen molar-refractivity contribution in [2.24, 2.45) is 5.73 Å². The summed E-state index contributed by atoms with van der Waals surface area (Å²) in [6.07, 6.45) is 2.31. The fourth-order valence-corrected chi connectivity index (χ4v) is 5.58. The van der Waals surface area contributed by atoms with Crippen LogP contribution in [0.25, 0.3) is 21.8 Å².